The number of carbonyl (C=O) groups is 1. The van der Waals surface area contributed by atoms with E-state index in [2.05, 4.69) is 6.58 Å². The van der Waals surface area contributed by atoms with E-state index in [9.17, 15) is 9.90 Å². The molecule has 2 heteroatoms. The average molecular weight is 192 g/mol. The molecule has 1 N–H and O–H groups in total. The van der Waals surface area contributed by atoms with E-state index in [0.717, 1.165) is 0 Å². The lowest BCUT2D eigenvalue weighted by Crippen LogP contribution is -2.42. The zero-order chi connectivity index (χ0) is 10.8. The van der Waals surface area contributed by atoms with Gasteiger partial charge >= 0.3 is 0 Å². The van der Waals surface area contributed by atoms with Crippen molar-refractivity contribution in [1.82, 2.24) is 0 Å². The minimum Gasteiger partial charge on any atom is -0.381 e. The van der Waals surface area contributed by atoms with Gasteiger partial charge in [0.05, 0.1) is 0 Å². The van der Waals surface area contributed by atoms with Gasteiger partial charge in [-0.05, 0) is 30.7 Å². The van der Waals surface area contributed by atoms with Gasteiger partial charge in [-0.25, -0.2) is 0 Å². The fraction of sp³-hybridized carbons (Fsp3) is 0.417. The number of ketones is 1. The highest BCUT2D eigenvalue weighted by molar-refractivity contribution is 6.00. The van der Waals surface area contributed by atoms with Crippen molar-refractivity contribution in [3.05, 3.63) is 37.0 Å². The fourth-order valence-electron chi connectivity index (χ4n) is 1.50. The molecule has 0 aromatic carbocycles. The molecule has 2 nitrogen and oxygen atoms in total. The van der Waals surface area contributed by atoms with E-state index in [1.807, 2.05) is 13.8 Å². The second-order valence-electron chi connectivity index (χ2n) is 4.27. The standard InChI is InChI=1S/C12H16O2/c1-4-7-11(2,3)12(14)8-5-10(13)6-9-12/h4-6,8-9,14H,1,7H2,2-3H3. The maximum Gasteiger partial charge on any atom is 0.178 e. The Morgan fingerprint density at radius 3 is 2.43 bits per heavy atom. The van der Waals surface area contributed by atoms with Gasteiger partial charge in [0.1, 0.15) is 5.60 Å². The van der Waals surface area contributed by atoms with Crippen LogP contribution in [0.5, 0.6) is 0 Å². The van der Waals surface area contributed by atoms with Gasteiger partial charge in [0, 0.05) is 5.41 Å². The van der Waals surface area contributed by atoms with Crippen LogP contribution in [0.1, 0.15) is 20.3 Å². The van der Waals surface area contributed by atoms with Gasteiger partial charge in [0.25, 0.3) is 0 Å². The third-order valence-corrected chi connectivity index (χ3v) is 2.74. The van der Waals surface area contributed by atoms with Crippen molar-refractivity contribution >= 4 is 5.78 Å². The van der Waals surface area contributed by atoms with Crippen LogP contribution in [0.4, 0.5) is 0 Å². The molecule has 0 spiro atoms. The van der Waals surface area contributed by atoms with Crippen LogP contribution >= 0.6 is 0 Å². The molecule has 0 bridgehead atoms. The van der Waals surface area contributed by atoms with E-state index in [-0.39, 0.29) is 11.2 Å². The third kappa shape index (κ3) is 1.85. The normalized spacial score (nSPS) is 19.8. The van der Waals surface area contributed by atoms with Crippen molar-refractivity contribution in [3.63, 3.8) is 0 Å². The first-order valence-corrected chi connectivity index (χ1v) is 4.67. The summed E-state index contributed by atoms with van der Waals surface area (Å²) in [5.74, 6) is -0.0796. The molecule has 0 saturated carbocycles. The highest BCUT2D eigenvalue weighted by Gasteiger charge is 2.39. The summed E-state index contributed by atoms with van der Waals surface area (Å²) in [6, 6.07) is 0. The molecule has 0 radical (unpaired) electrons. The molecule has 0 aromatic heterocycles. The van der Waals surface area contributed by atoms with Crippen molar-refractivity contribution in [2.45, 2.75) is 25.9 Å². The Kier molecular flexibility index (Phi) is 2.76. The lowest BCUT2D eigenvalue weighted by Gasteiger charge is -2.39. The number of hydrogen-bond donors (Lipinski definition) is 1. The summed E-state index contributed by atoms with van der Waals surface area (Å²) >= 11 is 0. The predicted molar refractivity (Wildman–Crippen MR) is 56.8 cm³/mol. The molecule has 0 fully saturated rings. The van der Waals surface area contributed by atoms with Crippen molar-refractivity contribution in [2.24, 2.45) is 5.41 Å². The predicted octanol–water partition coefficient (Wildman–Crippen LogP) is 2.01. The molecular formula is C12H16O2. The van der Waals surface area contributed by atoms with E-state index in [4.69, 9.17) is 0 Å². The zero-order valence-electron chi connectivity index (χ0n) is 8.66. The largest absolute Gasteiger partial charge is 0.381 e. The summed E-state index contributed by atoms with van der Waals surface area (Å²) in [6.07, 6.45) is 8.38. The molecule has 1 rings (SSSR count). The summed E-state index contributed by atoms with van der Waals surface area (Å²) in [5, 5.41) is 10.3. The van der Waals surface area contributed by atoms with Gasteiger partial charge in [-0.2, -0.15) is 0 Å². The molecule has 1 aliphatic rings. The highest BCUT2D eigenvalue weighted by Crippen LogP contribution is 2.38. The Morgan fingerprint density at radius 2 is 2.00 bits per heavy atom. The number of allylic oxidation sites excluding steroid dienone is 3. The maximum atomic E-state index is 10.9. The fourth-order valence-corrected chi connectivity index (χ4v) is 1.50. The van der Waals surface area contributed by atoms with E-state index in [1.165, 1.54) is 12.2 Å². The zero-order valence-corrected chi connectivity index (χ0v) is 8.66. The lowest BCUT2D eigenvalue weighted by molar-refractivity contribution is -0.111. The van der Waals surface area contributed by atoms with Crippen molar-refractivity contribution in [3.8, 4) is 0 Å². The summed E-state index contributed by atoms with van der Waals surface area (Å²) in [6.45, 7) is 7.55. The second kappa shape index (κ2) is 3.54. The first kappa shape index (κ1) is 10.9. The molecule has 0 amide bonds. The number of rotatable bonds is 3. The van der Waals surface area contributed by atoms with Crippen LogP contribution < -0.4 is 0 Å². The maximum absolute atomic E-state index is 10.9. The topological polar surface area (TPSA) is 37.3 Å². The molecule has 14 heavy (non-hydrogen) atoms. The molecule has 0 saturated heterocycles. The van der Waals surface area contributed by atoms with E-state index < -0.39 is 5.60 Å². The summed E-state index contributed by atoms with van der Waals surface area (Å²) in [4.78, 5) is 10.9. The minimum absolute atomic E-state index is 0.0796. The van der Waals surface area contributed by atoms with Gasteiger partial charge in [-0.1, -0.05) is 19.9 Å². The smallest absolute Gasteiger partial charge is 0.178 e. The second-order valence-corrected chi connectivity index (χ2v) is 4.27. The van der Waals surface area contributed by atoms with E-state index in [1.54, 1.807) is 18.2 Å². The van der Waals surface area contributed by atoms with Gasteiger partial charge in [-0.3, -0.25) is 4.79 Å². The Bertz CT molecular complexity index is 292. The van der Waals surface area contributed by atoms with Gasteiger partial charge in [-0.15, -0.1) is 6.58 Å². The Labute approximate surface area is 84.6 Å². The SMILES string of the molecule is C=CCC(C)(C)C1(O)C=CC(=O)C=C1. The van der Waals surface area contributed by atoms with Crippen LogP contribution in [-0.2, 0) is 4.79 Å². The van der Waals surface area contributed by atoms with Crippen LogP contribution in [0.15, 0.2) is 37.0 Å². The quantitative estimate of drug-likeness (QED) is 0.694. The van der Waals surface area contributed by atoms with Crippen molar-refractivity contribution in [2.75, 3.05) is 0 Å². The van der Waals surface area contributed by atoms with Gasteiger partial charge < -0.3 is 5.11 Å². The lowest BCUT2D eigenvalue weighted by atomic mass is 9.71. The number of hydrogen-bond acceptors (Lipinski definition) is 2. The average Bonchev–Trinajstić information content (AvgIpc) is 2.10. The van der Waals surface area contributed by atoms with Crippen molar-refractivity contribution in [1.29, 1.82) is 0 Å². The Balaban J connectivity index is 2.96. The van der Waals surface area contributed by atoms with E-state index >= 15 is 0 Å². The highest BCUT2D eigenvalue weighted by atomic mass is 16.3. The van der Waals surface area contributed by atoms with Crippen LogP contribution in [0, 0.1) is 5.41 Å². The van der Waals surface area contributed by atoms with Crippen molar-refractivity contribution < 1.29 is 9.90 Å². The molecule has 76 valence electrons. The first-order valence-electron chi connectivity index (χ1n) is 4.67. The molecule has 0 heterocycles. The Hall–Kier alpha value is -1.15. The molecule has 0 aromatic rings. The van der Waals surface area contributed by atoms with Crippen LogP contribution in [0.2, 0.25) is 0 Å². The minimum atomic E-state index is -1.05. The monoisotopic (exact) mass is 192 g/mol. The third-order valence-electron chi connectivity index (χ3n) is 2.74. The molecule has 0 unspecified atom stereocenters. The molecule has 0 atom stereocenters. The number of aliphatic hydroxyl groups is 1. The summed E-state index contributed by atoms with van der Waals surface area (Å²) in [5.41, 5.74) is -1.39. The molecule has 1 aliphatic carbocycles. The molecular weight excluding hydrogens is 176 g/mol. The Morgan fingerprint density at radius 1 is 1.50 bits per heavy atom. The summed E-state index contributed by atoms with van der Waals surface area (Å²) < 4.78 is 0. The van der Waals surface area contributed by atoms with Gasteiger partial charge in [0.2, 0.25) is 0 Å². The van der Waals surface area contributed by atoms with Gasteiger partial charge in [0.15, 0.2) is 5.78 Å². The summed E-state index contributed by atoms with van der Waals surface area (Å²) in [7, 11) is 0. The number of carbonyl (C=O) groups excluding carboxylic acids is 1. The first-order chi connectivity index (χ1) is 6.41. The molecule has 0 aliphatic heterocycles. The van der Waals surface area contributed by atoms with E-state index in [0.29, 0.717) is 6.42 Å². The van der Waals surface area contributed by atoms with Crippen LogP contribution in [0.25, 0.3) is 0 Å². The van der Waals surface area contributed by atoms with Crippen LogP contribution in [0.3, 0.4) is 0 Å². The van der Waals surface area contributed by atoms with Crippen LogP contribution in [-0.4, -0.2) is 16.5 Å².